The molecule has 0 N–H and O–H groups in total. The number of rotatable bonds is 5. The summed E-state index contributed by atoms with van der Waals surface area (Å²) < 4.78 is 5.36. The van der Waals surface area contributed by atoms with E-state index < -0.39 is 5.97 Å². The average molecular weight is 404 g/mol. The highest BCUT2D eigenvalue weighted by atomic mass is 35.5. The molecule has 0 spiro atoms. The standard InChI is InChI=1S/C24H18ClNO3/c25-20-10-6-18(7-11-20)22-14-15-23(27)26(22)21-12-8-19(9-13-21)24(28)29-16-17-4-2-1-3-5-17/h1-15,22H,16H2. The zero-order chi connectivity index (χ0) is 20.2. The Bertz CT molecular complexity index is 1040. The maximum absolute atomic E-state index is 12.4. The second-order valence-corrected chi connectivity index (χ2v) is 7.11. The van der Waals surface area contributed by atoms with Crippen molar-refractivity contribution >= 4 is 29.2 Å². The van der Waals surface area contributed by atoms with Crippen molar-refractivity contribution in [1.29, 1.82) is 0 Å². The van der Waals surface area contributed by atoms with E-state index in [1.165, 1.54) is 0 Å². The Morgan fingerprint density at radius 1 is 0.931 bits per heavy atom. The molecule has 4 nitrogen and oxygen atoms in total. The summed E-state index contributed by atoms with van der Waals surface area (Å²) in [6.07, 6.45) is 3.41. The molecule has 1 amide bonds. The lowest BCUT2D eigenvalue weighted by molar-refractivity contribution is -0.113. The van der Waals surface area contributed by atoms with Gasteiger partial charge in [-0.2, -0.15) is 0 Å². The summed E-state index contributed by atoms with van der Waals surface area (Å²) in [7, 11) is 0. The molecule has 0 saturated heterocycles. The Labute approximate surface area is 174 Å². The lowest BCUT2D eigenvalue weighted by atomic mass is 10.1. The molecular formula is C24H18ClNO3. The second kappa shape index (κ2) is 8.33. The van der Waals surface area contributed by atoms with Gasteiger partial charge in [0.15, 0.2) is 0 Å². The van der Waals surface area contributed by atoms with Gasteiger partial charge in [0, 0.05) is 16.8 Å². The Kier molecular flexibility index (Phi) is 5.45. The second-order valence-electron chi connectivity index (χ2n) is 6.67. The van der Waals surface area contributed by atoms with Crippen molar-refractivity contribution in [3.05, 3.63) is 113 Å². The molecule has 0 bridgehead atoms. The molecular weight excluding hydrogens is 386 g/mol. The number of nitrogens with zero attached hydrogens (tertiary/aromatic N) is 1. The predicted molar refractivity (Wildman–Crippen MR) is 113 cm³/mol. The predicted octanol–water partition coefficient (Wildman–Crippen LogP) is 5.34. The van der Waals surface area contributed by atoms with E-state index in [1.807, 2.05) is 48.5 Å². The first-order chi connectivity index (χ1) is 14.1. The highest BCUT2D eigenvalue weighted by Crippen LogP contribution is 2.33. The first-order valence-corrected chi connectivity index (χ1v) is 9.57. The summed E-state index contributed by atoms with van der Waals surface area (Å²) in [4.78, 5) is 26.4. The summed E-state index contributed by atoms with van der Waals surface area (Å²) in [6, 6.07) is 23.6. The van der Waals surface area contributed by atoms with Gasteiger partial charge < -0.3 is 4.74 Å². The fourth-order valence-corrected chi connectivity index (χ4v) is 3.38. The molecule has 0 aliphatic carbocycles. The van der Waals surface area contributed by atoms with Gasteiger partial charge in [-0.25, -0.2) is 4.79 Å². The van der Waals surface area contributed by atoms with Gasteiger partial charge in [-0.3, -0.25) is 9.69 Å². The van der Waals surface area contributed by atoms with Crippen LogP contribution in [0.25, 0.3) is 0 Å². The molecule has 1 heterocycles. The topological polar surface area (TPSA) is 46.6 Å². The minimum atomic E-state index is -0.402. The molecule has 1 aliphatic heterocycles. The maximum atomic E-state index is 12.4. The Morgan fingerprint density at radius 3 is 2.31 bits per heavy atom. The van der Waals surface area contributed by atoms with Gasteiger partial charge in [0.1, 0.15) is 6.61 Å². The van der Waals surface area contributed by atoms with Crippen LogP contribution < -0.4 is 4.90 Å². The van der Waals surface area contributed by atoms with E-state index in [2.05, 4.69) is 0 Å². The summed E-state index contributed by atoms with van der Waals surface area (Å²) in [6.45, 7) is 0.217. The van der Waals surface area contributed by atoms with Gasteiger partial charge in [-0.1, -0.05) is 60.1 Å². The lowest BCUT2D eigenvalue weighted by Gasteiger charge is -2.25. The highest BCUT2D eigenvalue weighted by Gasteiger charge is 2.28. The van der Waals surface area contributed by atoms with E-state index in [0.717, 1.165) is 11.1 Å². The van der Waals surface area contributed by atoms with Gasteiger partial charge in [-0.15, -0.1) is 0 Å². The van der Waals surface area contributed by atoms with Crippen LogP contribution in [0.5, 0.6) is 0 Å². The van der Waals surface area contributed by atoms with Crippen LogP contribution in [0.1, 0.15) is 27.5 Å². The third-order valence-electron chi connectivity index (χ3n) is 4.74. The SMILES string of the molecule is O=C(OCc1ccccc1)c1ccc(N2C(=O)C=CC2c2ccc(Cl)cc2)cc1. The van der Waals surface area contributed by atoms with E-state index in [1.54, 1.807) is 47.4 Å². The molecule has 4 rings (SSSR count). The molecule has 0 saturated carbocycles. The van der Waals surface area contributed by atoms with E-state index in [9.17, 15) is 9.59 Å². The zero-order valence-electron chi connectivity index (χ0n) is 15.5. The van der Waals surface area contributed by atoms with Crippen molar-refractivity contribution in [3.8, 4) is 0 Å². The summed E-state index contributed by atoms with van der Waals surface area (Å²) >= 11 is 5.97. The number of benzene rings is 3. The van der Waals surface area contributed by atoms with Gasteiger partial charge in [-0.05, 0) is 47.5 Å². The molecule has 0 radical (unpaired) electrons. The van der Waals surface area contributed by atoms with Crippen LogP contribution in [0.3, 0.4) is 0 Å². The zero-order valence-corrected chi connectivity index (χ0v) is 16.3. The third-order valence-corrected chi connectivity index (χ3v) is 4.99. The van der Waals surface area contributed by atoms with E-state index in [0.29, 0.717) is 16.3 Å². The average Bonchev–Trinajstić information content (AvgIpc) is 3.15. The smallest absolute Gasteiger partial charge is 0.338 e. The van der Waals surface area contributed by atoms with Crippen molar-refractivity contribution in [2.75, 3.05) is 4.90 Å². The molecule has 29 heavy (non-hydrogen) atoms. The normalized spacial score (nSPS) is 15.6. The van der Waals surface area contributed by atoms with Crippen LogP contribution in [-0.2, 0) is 16.1 Å². The minimum Gasteiger partial charge on any atom is -0.457 e. The fraction of sp³-hybridized carbons (Fsp3) is 0.0833. The van der Waals surface area contributed by atoms with Crippen LogP contribution in [-0.4, -0.2) is 11.9 Å². The maximum Gasteiger partial charge on any atom is 0.338 e. The van der Waals surface area contributed by atoms with Crippen LogP contribution in [0, 0.1) is 0 Å². The molecule has 0 fully saturated rings. The van der Waals surface area contributed by atoms with Gasteiger partial charge in [0.25, 0.3) is 5.91 Å². The number of carbonyl (C=O) groups excluding carboxylic acids is 2. The third kappa shape index (κ3) is 4.23. The quantitative estimate of drug-likeness (QED) is 0.540. The molecule has 0 aromatic heterocycles. The first kappa shape index (κ1) is 19.0. The monoisotopic (exact) mass is 403 g/mol. The largest absolute Gasteiger partial charge is 0.457 e. The van der Waals surface area contributed by atoms with Crippen molar-refractivity contribution in [2.45, 2.75) is 12.6 Å². The molecule has 3 aromatic rings. The van der Waals surface area contributed by atoms with Crippen LogP contribution in [0.2, 0.25) is 5.02 Å². The summed E-state index contributed by atoms with van der Waals surface area (Å²) in [5.41, 5.74) is 3.03. The van der Waals surface area contributed by atoms with E-state index >= 15 is 0 Å². The Morgan fingerprint density at radius 2 is 1.62 bits per heavy atom. The minimum absolute atomic E-state index is 0.107. The van der Waals surface area contributed by atoms with Crippen molar-refractivity contribution < 1.29 is 14.3 Å². The summed E-state index contributed by atoms with van der Waals surface area (Å²) in [5.74, 6) is -0.509. The Hall–Kier alpha value is -3.37. The van der Waals surface area contributed by atoms with Gasteiger partial charge >= 0.3 is 5.97 Å². The number of carbonyl (C=O) groups is 2. The van der Waals surface area contributed by atoms with Gasteiger partial charge in [0.2, 0.25) is 0 Å². The first-order valence-electron chi connectivity index (χ1n) is 9.20. The van der Waals surface area contributed by atoms with Crippen LogP contribution in [0.15, 0.2) is 91.0 Å². The lowest BCUT2D eigenvalue weighted by Crippen LogP contribution is -2.28. The number of hydrogen-bond acceptors (Lipinski definition) is 3. The van der Waals surface area contributed by atoms with Crippen LogP contribution >= 0.6 is 11.6 Å². The molecule has 1 atom stereocenters. The van der Waals surface area contributed by atoms with Crippen molar-refractivity contribution in [2.24, 2.45) is 0 Å². The number of halogens is 1. The molecule has 5 heteroatoms. The van der Waals surface area contributed by atoms with E-state index in [-0.39, 0.29) is 18.6 Å². The number of anilines is 1. The molecule has 144 valence electrons. The number of ether oxygens (including phenoxy) is 1. The Balaban J connectivity index is 1.48. The van der Waals surface area contributed by atoms with Gasteiger partial charge in [0.05, 0.1) is 11.6 Å². The summed E-state index contributed by atoms with van der Waals surface area (Å²) in [5, 5.41) is 0.645. The number of amides is 1. The number of esters is 1. The highest BCUT2D eigenvalue weighted by molar-refractivity contribution is 6.30. The van der Waals surface area contributed by atoms with Crippen molar-refractivity contribution in [1.82, 2.24) is 0 Å². The van der Waals surface area contributed by atoms with Crippen LogP contribution in [0.4, 0.5) is 5.69 Å². The molecule has 1 aliphatic rings. The van der Waals surface area contributed by atoms with E-state index in [4.69, 9.17) is 16.3 Å². The fourth-order valence-electron chi connectivity index (χ4n) is 3.25. The number of hydrogen-bond donors (Lipinski definition) is 0. The molecule has 1 unspecified atom stereocenters. The van der Waals surface area contributed by atoms with Crippen molar-refractivity contribution in [3.63, 3.8) is 0 Å². The molecule has 3 aromatic carbocycles.